The molecule has 1 aromatic rings. The van der Waals surface area contributed by atoms with E-state index < -0.39 is 0 Å². The molecule has 0 unspecified atom stereocenters. The van der Waals surface area contributed by atoms with Gasteiger partial charge in [-0.2, -0.15) is 0 Å². The lowest BCUT2D eigenvalue weighted by molar-refractivity contribution is -0.141. The summed E-state index contributed by atoms with van der Waals surface area (Å²) in [4.78, 5) is 10.7. The van der Waals surface area contributed by atoms with Crippen molar-refractivity contribution in [2.45, 2.75) is 6.54 Å². The van der Waals surface area contributed by atoms with E-state index in [9.17, 15) is 4.79 Å². The second kappa shape index (κ2) is 3.09. The number of ether oxygens (including phenoxy) is 1. The average Bonchev–Trinajstić information content (AvgIpc) is 2.35. The molecule has 0 aliphatic carbocycles. The Kier molecular flexibility index (Phi) is 2.15. The van der Waals surface area contributed by atoms with E-state index in [0.717, 1.165) is 0 Å². The van der Waals surface area contributed by atoms with Crippen molar-refractivity contribution in [3.63, 3.8) is 0 Å². The molecule has 1 heterocycles. The van der Waals surface area contributed by atoms with Crippen LogP contribution in [0.15, 0.2) is 18.5 Å². The van der Waals surface area contributed by atoms with Gasteiger partial charge < -0.3 is 15.0 Å². The molecule has 4 nitrogen and oxygen atoms in total. The summed E-state index contributed by atoms with van der Waals surface area (Å²) >= 11 is 0. The van der Waals surface area contributed by atoms with Gasteiger partial charge in [0.25, 0.3) is 0 Å². The van der Waals surface area contributed by atoms with E-state index in [1.54, 1.807) is 23.0 Å². The fourth-order valence-electron chi connectivity index (χ4n) is 0.771. The van der Waals surface area contributed by atoms with E-state index in [2.05, 4.69) is 4.74 Å². The zero-order chi connectivity index (χ0) is 8.27. The lowest BCUT2D eigenvalue weighted by Crippen LogP contribution is -2.09. The lowest BCUT2D eigenvalue weighted by atomic mass is 10.6. The van der Waals surface area contributed by atoms with Crippen LogP contribution in [-0.2, 0) is 16.1 Å². The van der Waals surface area contributed by atoms with Gasteiger partial charge in [0.2, 0.25) is 0 Å². The minimum Gasteiger partial charge on any atom is -0.468 e. The molecule has 0 radical (unpaired) electrons. The van der Waals surface area contributed by atoms with Crippen molar-refractivity contribution in [1.82, 2.24) is 4.57 Å². The first-order valence-corrected chi connectivity index (χ1v) is 3.20. The van der Waals surface area contributed by atoms with Crippen LogP contribution in [0.5, 0.6) is 0 Å². The summed E-state index contributed by atoms with van der Waals surface area (Å²) in [5.41, 5.74) is 6.07. The standard InChI is InChI=1S/C7H10N2O2/c1-11-7(10)5-9-3-2-6(8)4-9/h2-4H,5,8H2,1H3. The van der Waals surface area contributed by atoms with E-state index in [1.807, 2.05) is 0 Å². The largest absolute Gasteiger partial charge is 0.468 e. The molecule has 0 fully saturated rings. The zero-order valence-electron chi connectivity index (χ0n) is 6.28. The molecule has 60 valence electrons. The molecule has 1 aromatic heterocycles. The maximum atomic E-state index is 10.7. The molecular formula is C7H10N2O2. The molecule has 0 spiro atoms. The monoisotopic (exact) mass is 154 g/mol. The lowest BCUT2D eigenvalue weighted by Gasteiger charge is -1.98. The van der Waals surface area contributed by atoms with Crippen LogP contribution >= 0.6 is 0 Å². The molecule has 0 atom stereocenters. The van der Waals surface area contributed by atoms with Gasteiger partial charge in [0, 0.05) is 18.1 Å². The molecule has 0 saturated heterocycles. The Balaban J connectivity index is 2.57. The number of hydrogen-bond donors (Lipinski definition) is 1. The van der Waals surface area contributed by atoms with Crippen LogP contribution in [0.3, 0.4) is 0 Å². The minimum atomic E-state index is -0.277. The molecule has 2 N–H and O–H groups in total. The second-order valence-electron chi connectivity index (χ2n) is 2.19. The van der Waals surface area contributed by atoms with Gasteiger partial charge in [-0.3, -0.25) is 4.79 Å². The molecule has 0 amide bonds. The number of nitrogens with zero attached hydrogens (tertiary/aromatic N) is 1. The number of nitrogens with two attached hydrogens (primary N) is 1. The molecule has 0 aliphatic heterocycles. The smallest absolute Gasteiger partial charge is 0.325 e. The third-order valence-electron chi connectivity index (χ3n) is 1.31. The fraction of sp³-hybridized carbons (Fsp3) is 0.286. The number of carbonyl (C=O) groups is 1. The summed E-state index contributed by atoms with van der Waals surface area (Å²) in [5.74, 6) is -0.277. The van der Waals surface area contributed by atoms with E-state index >= 15 is 0 Å². The minimum absolute atomic E-state index is 0.216. The molecule has 0 bridgehead atoms. The number of anilines is 1. The van der Waals surface area contributed by atoms with Gasteiger partial charge in [0.1, 0.15) is 6.54 Å². The molecule has 4 heteroatoms. The number of aromatic nitrogens is 1. The Hall–Kier alpha value is -1.45. The summed E-state index contributed by atoms with van der Waals surface area (Å²) in [6.07, 6.45) is 3.41. The van der Waals surface area contributed by atoms with Crippen molar-refractivity contribution in [3.05, 3.63) is 18.5 Å². The van der Waals surface area contributed by atoms with Gasteiger partial charge in [-0.25, -0.2) is 0 Å². The zero-order valence-corrected chi connectivity index (χ0v) is 6.28. The Labute approximate surface area is 64.6 Å². The maximum Gasteiger partial charge on any atom is 0.325 e. The maximum absolute atomic E-state index is 10.7. The van der Waals surface area contributed by atoms with Gasteiger partial charge in [0.05, 0.1) is 7.11 Å². The van der Waals surface area contributed by atoms with Gasteiger partial charge in [-0.05, 0) is 6.07 Å². The summed E-state index contributed by atoms with van der Waals surface area (Å²) in [5, 5.41) is 0. The molecule has 1 rings (SSSR count). The first-order chi connectivity index (χ1) is 5.22. The van der Waals surface area contributed by atoms with Crippen molar-refractivity contribution in [1.29, 1.82) is 0 Å². The summed E-state index contributed by atoms with van der Waals surface area (Å²) in [6.45, 7) is 0.216. The van der Waals surface area contributed by atoms with Crippen LogP contribution in [-0.4, -0.2) is 17.6 Å². The highest BCUT2D eigenvalue weighted by molar-refractivity contribution is 5.69. The Bertz CT molecular complexity index is 255. The van der Waals surface area contributed by atoms with E-state index in [-0.39, 0.29) is 12.5 Å². The summed E-state index contributed by atoms with van der Waals surface area (Å²) < 4.78 is 6.13. The van der Waals surface area contributed by atoms with Crippen molar-refractivity contribution in [3.8, 4) is 0 Å². The van der Waals surface area contributed by atoms with Crippen molar-refractivity contribution >= 4 is 11.7 Å². The van der Waals surface area contributed by atoms with Crippen LogP contribution in [0.4, 0.5) is 5.69 Å². The van der Waals surface area contributed by atoms with Gasteiger partial charge >= 0.3 is 5.97 Å². The van der Waals surface area contributed by atoms with Crippen LogP contribution < -0.4 is 5.73 Å². The number of methoxy groups -OCH3 is 1. The number of carbonyl (C=O) groups excluding carboxylic acids is 1. The van der Waals surface area contributed by atoms with E-state index in [4.69, 9.17) is 5.73 Å². The Morgan fingerprint density at radius 3 is 3.00 bits per heavy atom. The molecule has 0 aromatic carbocycles. The molecular weight excluding hydrogens is 144 g/mol. The predicted octanol–water partition coefficient (Wildman–Crippen LogP) is 0.243. The molecule has 0 saturated carbocycles. The highest BCUT2D eigenvalue weighted by Gasteiger charge is 2.00. The third-order valence-corrected chi connectivity index (χ3v) is 1.31. The van der Waals surface area contributed by atoms with Gasteiger partial charge in [-0.15, -0.1) is 0 Å². The van der Waals surface area contributed by atoms with Gasteiger partial charge in [0.15, 0.2) is 0 Å². The topological polar surface area (TPSA) is 57.2 Å². The number of hydrogen-bond acceptors (Lipinski definition) is 3. The predicted molar refractivity (Wildman–Crippen MR) is 40.9 cm³/mol. The number of rotatable bonds is 2. The number of esters is 1. The van der Waals surface area contributed by atoms with Crippen molar-refractivity contribution in [2.75, 3.05) is 12.8 Å². The quantitative estimate of drug-likeness (QED) is 0.621. The third kappa shape index (κ3) is 2.00. The Morgan fingerprint density at radius 1 is 1.82 bits per heavy atom. The average molecular weight is 154 g/mol. The van der Waals surface area contributed by atoms with Crippen LogP contribution in [0.1, 0.15) is 0 Å². The molecule has 0 aliphatic rings. The first-order valence-electron chi connectivity index (χ1n) is 3.20. The van der Waals surface area contributed by atoms with Crippen LogP contribution in [0, 0.1) is 0 Å². The highest BCUT2D eigenvalue weighted by atomic mass is 16.5. The summed E-state index contributed by atoms with van der Waals surface area (Å²) in [6, 6.07) is 1.73. The second-order valence-corrected chi connectivity index (χ2v) is 2.19. The van der Waals surface area contributed by atoms with Gasteiger partial charge in [-0.1, -0.05) is 0 Å². The van der Waals surface area contributed by atoms with E-state index in [1.165, 1.54) is 7.11 Å². The van der Waals surface area contributed by atoms with Crippen LogP contribution in [0.2, 0.25) is 0 Å². The molecule has 11 heavy (non-hydrogen) atoms. The van der Waals surface area contributed by atoms with E-state index in [0.29, 0.717) is 5.69 Å². The van der Waals surface area contributed by atoms with Crippen molar-refractivity contribution < 1.29 is 9.53 Å². The highest BCUT2D eigenvalue weighted by Crippen LogP contribution is 2.01. The summed E-state index contributed by atoms with van der Waals surface area (Å²) in [7, 11) is 1.36. The number of nitrogen functional groups attached to an aromatic ring is 1. The van der Waals surface area contributed by atoms with Crippen molar-refractivity contribution in [2.24, 2.45) is 0 Å². The first kappa shape index (κ1) is 7.65. The fourth-order valence-corrected chi connectivity index (χ4v) is 0.771. The normalized spacial score (nSPS) is 9.55. The Morgan fingerprint density at radius 2 is 2.55 bits per heavy atom. The SMILES string of the molecule is COC(=O)Cn1ccc(N)c1. The van der Waals surface area contributed by atoms with Crippen LogP contribution in [0.25, 0.3) is 0 Å².